The van der Waals surface area contributed by atoms with Crippen LogP contribution in [0.5, 0.6) is 0 Å². The molecule has 2 atom stereocenters. The Morgan fingerprint density at radius 3 is 1.40 bits per heavy atom. The summed E-state index contributed by atoms with van der Waals surface area (Å²) >= 11 is 0. The van der Waals surface area contributed by atoms with Gasteiger partial charge in [0.05, 0.1) is 16.2 Å². The van der Waals surface area contributed by atoms with Crippen LogP contribution in [-0.2, 0) is 10.1 Å². The zero-order valence-electron chi connectivity index (χ0n) is 20.4. The van der Waals surface area contributed by atoms with E-state index < -0.39 is 21.5 Å². The molecule has 30 heavy (non-hydrogen) atoms. The van der Waals surface area contributed by atoms with E-state index in [0.717, 1.165) is 38.5 Å². The van der Waals surface area contributed by atoms with Crippen molar-refractivity contribution in [3.05, 3.63) is 0 Å². The predicted octanol–water partition coefficient (Wildman–Crippen LogP) is 4.11. The van der Waals surface area contributed by atoms with E-state index in [0.29, 0.717) is 19.3 Å². The van der Waals surface area contributed by atoms with Crippen molar-refractivity contribution < 1.29 is 47.6 Å². The minimum atomic E-state index is -4.25. The molecule has 4 nitrogen and oxygen atoms in total. The summed E-state index contributed by atoms with van der Waals surface area (Å²) in [6, 6.07) is 0. The maximum absolute atomic E-state index is 11.4. The summed E-state index contributed by atoms with van der Waals surface area (Å²) in [4.78, 5) is 0. The van der Waals surface area contributed by atoms with Gasteiger partial charge >= 0.3 is 29.6 Å². The van der Waals surface area contributed by atoms with Gasteiger partial charge in [-0.3, -0.25) is 0 Å². The van der Waals surface area contributed by atoms with Crippen molar-refractivity contribution >= 4 is 10.1 Å². The van der Waals surface area contributed by atoms with Crippen LogP contribution in [0.4, 0.5) is 0 Å². The first-order valence-electron chi connectivity index (χ1n) is 12.5. The van der Waals surface area contributed by atoms with E-state index >= 15 is 0 Å². The van der Waals surface area contributed by atoms with Crippen LogP contribution in [0.25, 0.3) is 0 Å². The second-order valence-corrected chi connectivity index (χ2v) is 10.5. The Labute approximate surface area is 210 Å². The summed E-state index contributed by atoms with van der Waals surface area (Å²) in [5, 5.41) is 9.29. The van der Waals surface area contributed by atoms with E-state index in [1.54, 1.807) is 0 Å². The van der Waals surface area contributed by atoms with Crippen LogP contribution in [0.15, 0.2) is 0 Å². The molecule has 0 saturated heterocycles. The van der Waals surface area contributed by atoms with Crippen LogP contribution in [0.3, 0.4) is 0 Å². The molecule has 0 aromatic carbocycles. The van der Waals surface area contributed by atoms with Gasteiger partial charge in [0.15, 0.2) is 0 Å². The number of aliphatic hydroxyl groups is 1. The van der Waals surface area contributed by atoms with Gasteiger partial charge in [-0.1, -0.05) is 117 Å². The Kier molecular flexibility index (Phi) is 25.4. The molecule has 0 aliphatic rings. The fraction of sp³-hybridized carbons (Fsp3) is 1.00. The third-order valence-corrected chi connectivity index (χ3v) is 7.29. The molecule has 176 valence electrons. The Bertz CT molecular complexity index is 442. The van der Waals surface area contributed by atoms with Crippen molar-refractivity contribution in [3.8, 4) is 0 Å². The van der Waals surface area contributed by atoms with E-state index in [1.807, 2.05) is 0 Å². The average molecular weight is 457 g/mol. The van der Waals surface area contributed by atoms with E-state index in [1.165, 1.54) is 70.6 Å². The maximum Gasteiger partial charge on any atom is 1.00 e. The summed E-state index contributed by atoms with van der Waals surface area (Å²) in [5.41, 5.74) is 0. The summed E-state index contributed by atoms with van der Waals surface area (Å²) in [7, 11) is -4.25. The second kappa shape index (κ2) is 23.0. The van der Waals surface area contributed by atoms with Crippen LogP contribution < -0.4 is 29.6 Å². The molecule has 0 fully saturated rings. The van der Waals surface area contributed by atoms with Crippen molar-refractivity contribution in [2.45, 2.75) is 154 Å². The predicted molar refractivity (Wildman–Crippen MR) is 123 cm³/mol. The van der Waals surface area contributed by atoms with Gasteiger partial charge in [0, 0.05) is 5.25 Å². The molecule has 0 spiro atoms. The topological polar surface area (TPSA) is 77.4 Å². The summed E-state index contributed by atoms with van der Waals surface area (Å²) in [6.07, 6.45) is 21.1. The van der Waals surface area contributed by atoms with Gasteiger partial charge in [-0.05, 0) is 25.7 Å². The zero-order valence-corrected chi connectivity index (χ0v) is 23.2. The van der Waals surface area contributed by atoms with Gasteiger partial charge in [0.1, 0.15) is 0 Å². The molecule has 0 aromatic rings. The number of hydrogen-bond donors (Lipinski definition) is 1. The normalized spacial score (nSPS) is 13.7. The molecule has 0 amide bonds. The zero-order chi connectivity index (χ0) is 21.8. The molecular weight excluding hydrogens is 407 g/mol. The molecule has 0 rings (SSSR count). The smallest absolute Gasteiger partial charge is 0.748 e. The summed E-state index contributed by atoms with van der Waals surface area (Å²) in [6.45, 7) is 4.31. The number of hydrogen-bond acceptors (Lipinski definition) is 4. The first kappa shape index (κ1) is 33.0. The quantitative estimate of drug-likeness (QED) is 0.151. The minimum Gasteiger partial charge on any atom is -0.748 e. The monoisotopic (exact) mass is 456 g/mol. The SMILES string of the molecule is CCCCCCCCCCCCCCCC(O)CCC(CCCCC)S(=O)(=O)[O-].[Na+]. The van der Waals surface area contributed by atoms with Gasteiger partial charge in [-0.2, -0.15) is 0 Å². The molecule has 0 heterocycles. The van der Waals surface area contributed by atoms with Gasteiger partial charge < -0.3 is 9.66 Å². The average Bonchev–Trinajstić information content (AvgIpc) is 2.67. The Morgan fingerprint density at radius 1 is 0.600 bits per heavy atom. The van der Waals surface area contributed by atoms with Crippen molar-refractivity contribution in [3.63, 3.8) is 0 Å². The van der Waals surface area contributed by atoms with Crippen molar-refractivity contribution in [1.82, 2.24) is 0 Å². The van der Waals surface area contributed by atoms with Crippen molar-refractivity contribution in [1.29, 1.82) is 0 Å². The first-order valence-corrected chi connectivity index (χ1v) is 14.0. The van der Waals surface area contributed by atoms with Gasteiger partial charge in [-0.25, -0.2) is 8.42 Å². The number of rotatable bonds is 22. The van der Waals surface area contributed by atoms with E-state index in [4.69, 9.17) is 0 Å². The molecular formula is C24H49NaO4S. The molecule has 1 N–H and O–H groups in total. The fourth-order valence-electron chi connectivity index (χ4n) is 3.98. The Morgan fingerprint density at radius 2 is 0.967 bits per heavy atom. The standard InChI is InChI=1S/C24H50O4S.Na/c1-3-5-7-8-9-10-11-12-13-14-15-16-18-19-23(25)21-22-24(29(26,27)28)20-17-6-4-2;/h23-25H,3-22H2,1-2H3,(H,26,27,28);/q;+1/p-1. The first-order chi connectivity index (χ1) is 13.9. The molecule has 0 radical (unpaired) electrons. The molecule has 0 aliphatic heterocycles. The molecule has 0 aromatic heterocycles. The van der Waals surface area contributed by atoms with Crippen LogP contribution >= 0.6 is 0 Å². The van der Waals surface area contributed by atoms with Crippen LogP contribution in [0, 0.1) is 0 Å². The van der Waals surface area contributed by atoms with E-state index in [-0.39, 0.29) is 29.6 Å². The number of aliphatic hydroxyl groups excluding tert-OH is 1. The molecule has 6 heteroatoms. The molecule has 0 saturated carbocycles. The summed E-state index contributed by atoms with van der Waals surface area (Å²) in [5.74, 6) is 0. The molecule has 0 aliphatic carbocycles. The van der Waals surface area contributed by atoms with Crippen molar-refractivity contribution in [2.24, 2.45) is 0 Å². The Balaban J connectivity index is 0. The van der Waals surface area contributed by atoms with Gasteiger partial charge in [-0.15, -0.1) is 0 Å². The Hall–Kier alpha value is 0.870. The van der Waals surface area contributed by atoms with Crippen molar-refractivity contribution in [2.75, 3.05) is 0 Å². The van der Waals surface area contributed by atoms with E-state index in [9.17, 15) is 18.1 Å². The van der Waals surface area contributed by atoms with Crippen LogP contribution in [-0.4, -0.2) is 29.4 Å². The third kappa shape index (κ3) is 22.1. The van der Waals surface area contributed by atoms with Crippen LogP contribution in [0.2, 0.25) is 0 Å². The fourth-order valence-corrected chi connectivity index (χ4v) is 4.86. The van der Waals surface area contributed by atoms with Gasteiger partial charge in [0.25, 0.3) is 0 Å². The molecule has 2 unspecified atom stereocenters. The van der Waals surface area contributed by atoms with Gasteiger partial charge in [0.2, 0.25) is 0 Å². The summed E-state index contributed by atoms with van der Waals surface area (Å²) < 4.78 is 34.2. The largest absolute Gasteiger partial charge is 1.00 e. The third-order valence-electron chi connectivity index (χ3n) is 6.00. The maximum atomic E-state index is 11.4. The number of unbranched alkanes of at least 4 members (excludes halogenated alkanes) is 14. The minimum absolute atomic E-state index is 0. The van der Waals surface area contributed by atoms with E-state index in [2.05, 4.69) is 13.8 Å². The molecule has 0 bridgehead atoms. The second-order valence-electron chi connectivity index (χ2n) is 8.87. The van der Waals surface area contributed by atoms with Crippen LogP contribution in [0.1, 0.15) is 142 Å².